The van der Waals surface area contributed by atoms with E-state index in [0.29, 0.717) is 0 Å². The van der Waals surface area contributed by atoms with E-state index in [1.807, 2.05) is 24.9 Å². The Morgan fingerprint density at radius 1 is 1.43 bits per heavy atom. The molecule has 0 amide bonds. The summed E-state index contributed by atoms with van der Waals surface area (Å²) in [5, 5.41) is 11.7. The van der Waals surface area contributed by atoms with Gasteiger partial charge in [0.1, 0.15) is 6.26 Å². The van der Waals surface area contributed by atoms with Gasteiger partial charge >= 0.3 is 0 Å². The molecule has 7 heteroatoms. The summed E-state index contributed by atoms with van der Waals surface area (Å²) < 4.78 is 13.0. The lowest BCUT2D eigenvalue weighted by Crippen LogP contribution is -2.49. The van der Waals surface area contributed by atoms with Crippen molar-refractivity contribution in [3.63, 3.8) is 0 Å². The molecule has 23 heavy (non-hydrogen) atoms. The van der Waals surface area contributed by atoms with E-state index in [1.165, 1.54) is 5.69 Å². The zero-order valence-corrected chi connectivity index (χ0v) is 14.0. The molecule has 0 radical (unpaired) electrons. The third-order valence-corrected chi connectivity index (χ3v) is 4.53. The number of aromatic nitrogens is 3. The number of hydrogen-bond donors (Lipinski definition) is 1. The van der Waals surface area contributed by atoms with Crippen LogP contribution in [-0.2, 0) is 18.3 Å². The lowest BCUT2D eigenvalue weighted by molar-refractivity contribution is -0.0718. The third kappa shape index (κ3) is 3.46. The Morgan fingerprint density at radius 2 is 2.30 bits per heavy atom. The minimum Gasteiger partial charge on any atom is -0.374 e. The van der Waals surface area contributed by atoms with Gasteiger partial charge in [-0.15, -0.1) is 0 Å². The van der Waals surface area contributed by atoms with Crippen molar-refractivity contribution < 1.29 is 9.26 Å². The van der Waals surface area contributed by atoms with Crippen molar-refractivity contribution >= 4 is 0 Å². The van der Waals surface area contributed by atoms with Gasteiger partial charge in [-0.05, 0) is 19.5 Å². The summed E-state index contributed by atoms with van der Waals surface area (Å²) in [6.07, 6.45) is 3.64. The molecule has 2 aromatic heterocycles. The predicted molar refractivity (Wildman–Crippen MR) is 85.9 cm³/mol. The van der Waals surface area contributed by atoms with Gasteiger partial charge in [-0.25, -0.2) is 0 Å². The summed E-state index contributed by atoms with van der Waals surface area (Å²) in [5.41, 5.74) is 3.21. The number of morpholine rings is 1. The van der Waals surface area contributed by atoms with Gasteiger partial charge < -0.3 is 14.6 Å². The third-order valence-electron chi connectivity index (χ3n) is 4.53. The van der Waals surface area contributed by atoms with Gasteiger partial charge in [0.25, 0.3) is 0 Å². The fraction of sp³-hybridized carbons (Fsp3) is 0.625. The molecule has 7 nitrogen and oxygen atoms in total. The molecule has 1 fully saturated rings. The molecule has 1 aliphatic rings. The first-order valence-electron chi connectivity index (χ1n) is 8.14. The van der Waals surface area contributed by atoms with E-state index < -0.39 is 0 Å². The molecule has 2 aromatic rings. The molecule has 1 aliphatic heterocycles. The quantitative estimate of drug-likeness (QED) is 0.865. The molecule has 0 saturated carbocycles. The molecule has 2 atom stereocenters. The summed E-state index contributed by atoms with van der Waals surface area (Å²) >= 11 is 0. The van der Waals surface area contributed by atoms with Crippen LogP contribution in [-0.4, -0.2) is 52.2 Å². The van der Waals surface area contributed by atoms with Crippen LogP contribution < -0.4 is 5.32 Å². The van der Waals surface area contributed by atoms with Crippen molar-refractivity contribution in [1.29, 1.82) is 0 Å². The first kappa shape index (κ1) is 16.2. The molecule has 0 unspecified atom stereocenters. The lowest BCUT2D eigenvalue weighted by Gasteiger charge is -2.40. The molecule has 0 aliphatic carbocycles. The molecule has 1 saturated heterocycles. The number of likely N-dealkylation sites (N-methyl/N-ethyl adjacent to an activating group) is 1. The number of hydrogen-bond acceptors (Lipinski definition) is 6. The summed E-state index contributed by atoms with van der Waals surface area (Å²) in [4.78, 5) is 2.46. The molecule has 0 bridgehead atoms. The highest BCUT2D eigenvalue weighted by atomic mass is 16.5. The largest absolute Gasteiger partial charge is 0.374 e. The molecule has 1 N–H and O–H groups in total. The number of rotatable bonds is 6. The van der Waals surface area contributed by atoms with Gasteiger partial charge in [-0.1, -0.05) is 12.1 Å². The van der Waals surface area contributed by atoms with Crippen molar-refractivity contribution in [2.45, 2.75) is 32.5 Å². The molecular formula is C16H25N5O2. The number of aryl methyl sites for hydroxylation is 2. The SMILES string of the molecule is CCN1CCO[C@@H](CNCc2conc2C)[C@@H]1c1ccnn1C. The van der Waals surface area contributed by atoms with Crippen LogP contribution in [0.15, 0.2) is 23.0 Å². The maximum Gasteiger partial charge on any atom is 0.128 e. The van der Waals surface area contributed by atoms with E-state index in [1.54, 1.807) is 6.26 Å². The fourth-order valence-electron chi connectivity index (χ4n) is 3.20. The zero-order valence-electron chi connectivity index (χ0n) is 14.0. The van der Waals surface area contributed by atoms with Gasteiger partial charge in [0.05, 0.1) is 30.1 Å². The highest BCUT2D eigenvalue weighted by molar-refractivity contribution is 5.13. The van der Waals surface area contributed by atoms with Crippen LogP contribution in [0.5, 0.6) is 0 Å². The smallest absolute Gasteiger partial charge is 0.128 e. The summed E-state index contributed by atoms with van der Waals surface area (Å²) in [6.45, 7) is 8.37. The van der Waals surface area contributed by atoms with E-state index >= 15 is 0 Å². The average molecular weight is 319 g/mol. The second-order valence-corrected chi connectivity index (χ2v) is 5.92. The van der Waals surface area contributed by atoms with Crippen LogP contribution in [0.3, 0.4) is 0 Å². The molecule has 3 heterocycles. The molecule has 126 valence electrons. The Kier molecular flexibility index (Phi) is 5.09. The summed E-state index contributed by atoms with van der Waals surface area (Å²) in [6, 6.07) is 2.30. The van der Waals surface area contributed by atoms with E-state index in [4.69, 9.17) is 9.26 Å². The van der Waals surface area contributed by atoms with Crippen molar-refractivity contribution in [2.24, 2.45) is 7.05 Å². The highest BCUT2D eigenvalue weighted by Gasteiger charge is 2.34. The molecule has 3 rings (SSSR count). The van der Waals surface area contributed by atoms with E-state index in [9.17, 15) is 0 Å². The van der Waals surface area contributed by atoms with Crippen LogP contribution in [0.2, 0.25) is 0 Å². The van der Waals surface area contributed by atoms with Crippen LogP contribution in [0.1, 0.15) is 29.9 Å². The Hall–Kier alpha value is -1.70. The van der Waals surface area contributed by atoms with Gasteiger partial charge in [0.2, 0.25) is 0 Å². The maximum absolute atomic E-state index is 6.07. The summed E-state index contributed by atoms with van der Waals surface area (Å²) in [5.74, 6) is 0. The topological polar surface area (TPSA) is 68.3 Å². The Morgan fingerprint density at radius 3 is 2.96 bits per heavy atom. The second-order valence-electron chi connectivity index (χ2n) is 5.92. The van der Waals surface area contributed by atoms with Gasteiger partial charge in [0.15, 0.2) is 0 Å². The minimum atomic E-state index is 0.0965. The maximum atomic E-state index is 6.07. The van der Waals surface area contributed by atoms with Gasteiger partial charge in [-0.2, -0.15) is 5.10 Å². The number of ether oxygens (including phenoxy) is 1. The molecule has 0 spiro atoms. The number of nitrogens with zero attached hydrogens (tertiary/aromatic N) is 4. The normalized spacial score (nSPS) is 22.6. The Labute approximate surface area is 136 Å². The van der Waals surface area contributed by atoms with Crippen molar-refractivity contribution in [2.75, 3.05) is 26.2 Å². The van der Waals surface area contributed by atoms with Crippen LogP contribution in [0, 0.1) is 6.92 Å². The van der Waals surface area contributed by atoms with E-state index in [2.05, 4.69) is 33.5 Å². The minimum absolute atomic E-state index is 0.0965. The van der Waals surface area contributed by atoms with Crippen molar-refractivity contribution in [3.8, 4) is 0 Å². The standard InChI is InChI=1S/C16H25N5O2/c1-4-21-7-8-22-15(16(21)14-5-6-18-20(14)3)10-17-9-13-11-23-19-12(13)2/h5-6,11,15-17H,4,7-10H2,1-3H3/t15-,16-/m0/s1. The Balaban J connectivity index is 1.68. The van der Waals surface area contributed by atoms with Crippen LogP contribution in [0.4, 0.5) is 0 Å². The van der Waals surface area contributed by atoms with Gasteiger partial charge in [0, 0.05) is 38.4 Å². The second kappa shape index (κ2) is 7.25. The van der Waals surface area contributed by atoms with E-state index in [-0.39, 0.29) is 12.1 Å². The van der Waals surface area contributed by atoms with Crippen LogP contribution in [0.25, 0.3) is 0 Å². The fourth-order valence-corrected chi connectivity index (χ4v) is 3.20. The first-order chi connectivity index (χ1) is 11.2. The number of nitrogens with one attached hydrogen (secondary N) is 1. The predicted octanol–water partition coefficient (Wildman–Crippen LogP) is 1.27. The first-order valence-corrected chi connectivity index (χ1v) is 8.14. The van der Waals surface area contributed by atoms with Crippen LogP contribution >= 0.6 is 0 Å². The lowest BCUT2D eigenvalue weighted by atomic mass is 10.0. The summed E-state index contributed by atoms with van der Waals surface area (Å²) in [7, 11) is 1.99. The molecular weight excluding hydrogens is 294 g/mol. The van der Waals surface area contributed by atoms with Crippen molar-refractivity contribution in [1.82, 2.24) is 25.2 Å². The Bertz CT molecular complexity index is 624. The molecule has 0 aromatic carbocycles. The zero-order chi connectivity index (χ0) is 16.2. The van der Waals surface area contributed by atoms with Crippen molar-refractivity contribution in [3.05, 3.63) is 35.5 Å². The average Bonchev–Trinajstić information content (AvgIpc) is 3.16. The van der Waals surface area contributed by atoms with Gasteiger partial charge in [-0.3, -0.25) is 9.58 Å². The van der Waals surface area contributed by atoms with E-state index in [0.717, 1.165) is 44.0 Å². The highest BCUT2D eigenvalue weighted by Crippen LogP contribution is 2.28. The monoisotopic (exact) mass is 319 g/mol.